The summed E-state index contributed by atoms with van der Waals surface area (Å²) in [7, 11) is -0.153. The molecule has 0 bridgehead atoms. The van der Waals surface area contributed by atoms with Crippen LogP contribution < -0.4 is 0 Å². The normalized spacial score (nSPS) is 18.7. The highest BCUT2D eigenvalue weighted by Gasteiger charge is 2.16. The lowest BCUT2D eigenvalue weighted by atomic mass is 10.4. The Balaban J connectivity index is 2.49. The van der Waals surface area contributed by atoms with E-state index in [1.807, 2.05) is 6.26 Å². The van der Waals surface area contributed by atoms with Crippen LogP contribution in [0.25, 0.3) is 0 Å². The van der Waals surface area contributed by atoms with Crippen LogP contribution in [0, 0.1) is 10.2 Å². The van der Waals surface area contributed by atoms with Gasteiger partial charge in [-0.05, 0) is 6.26 Å². The molecule has 0 aromatic rings. The molecule has 0 aliphatic carbocycles. The van der Waals surface area contributed by atoms with Gasteiger partial charge in [0.25, 0.3) is 0 Å². The lowest BCUT2D eigenvalue weighted by Crippen LogP contribution is -2.37. The van der Waals surface area contributed by atoms with Crippen molar-refractivity contribution in [3.05, 3.63) is 12.3 Å². The maximum absolute atomic E-state index is 7.61. The van der Waals surface area contributed by atoms with Crippen molar-refractivity contribution < 1.29 is 0 Å². The summed E-state index contributed by atoms with van der Waals surface area (Å²) in [6, 6.07) is 0. The van der Waals surface area contributed by atoms with E-state index in [1.165, 1.54) is 11.8 Å². The molecule has 0 unspecified atom stereocenters. The van der Waals surface area contributed by atoms with Crippen LogP contribution in [0.2, 0.25) is 0 Å². The molecule has 74 valence electrons. The summed E-state index contributed by atoms with van der Waals surface area (Å²) in [5.41, 5.74) is 0.823. The maximum Gasteiger partial charge on any atom is 0.110 e. The van der Waals surface area contributed by atoms with E-state index in [2.05, 4.69) is 11.5 Å². The van der Waals surface area contributed by atoms with Crippen LogP contribution in [0.15, 0.2) is 12.3 Å². The van der Waals surface area contributed by atoms with E-state index in [4.69, 9.17) is 10.2 Å². The molecule has 1 fully saturated rings. The minimum Gasteiger partial charge on any atom is -0.368 e. The smallest absolute Gasteiger partial charge is 0.110 e. The molecule has 0 radical (unpaired) electrons. The summed E-state index contributed by atoms with van der Waals surface area (Å²) in [5.74, 6) is 1.86. The Morgan fingerprint density at radius 3 is 2.46 bits per heavy atom. The van der Waals surface area contributed by atoms with Gasteiger partial charge in [-0.25, -0.2) is 0 Å². The third kappa shape index (κ3) is 2.84. The minimum atomic E-state index is -0.153. The molecule has 0 aromatic carbocycles. The number of rotatable bonds is 2. The fourth-order valence-corrected chi connectivity index (χ4v) is 2.64. The van der Waals surface area contributed by atoms with Gasteiger partial charge in [-0.1, -0.05) is 6.58 Å². The van der Waals surface area contributed by atoms with Gasteiger partial charge in [-0.2, -0.15) is 0 Å². The van der Waals surface area contributed by atoms with Crippen LogP contribution in [0.1, 0.15) is 0 Å². The third-order valence-corrected chi connectivity index (χ3v) is 4.06. The summed E-state index contributed by atoms with van der Waals surface area (Å²) in [5, 5.41) is 8.16. The Hall–Kier alpha value is -0.290. The summed E-state index contributed by atoms with van der Waals surface area (Å²) >= 11 is 1.42. The second kappa shape index (κ2) is 4.81. The first-order chi connectivity index (χ1) is 6.15. The molecule has 1 aliphatic heterocycles. The quantitative estimate of drug-likeness (QED) is 0.544. The van der Waals surface area contributed by atoms with Crippen LogP contribution in [0.3, 0.4) is 0 Å². The van der Waals surface area contributed by atoms with Crippen molar-refractivity contribution in [1.29, 1.82) is 10.2 Å². The second-order valence-corrected chi connectivity index (χ2v) is 5.49. The van der Waals surface area contributed by atoms with Crippen LogP contribution in [0.4, 0.5) is 0 Å². The van der Waals surface area contributed by atoms with E-state index in [9.17, 15) is 0 Å². The SMILES string of the molecule is C=C(C(=N)SC)N1CCS(=N)CC1. The maximum atomic E-state index is 7.61. The Morgan fingerprint density at radius 2 is 2.00 bits per heavy atom. The zero-order valence-corrected chi connectivity index (χ0v) is 9.43. The van der Waals surface area contributed by atoms with Gasteiger partial charge in [-0.3, -0.25) is 10.2 Å². The highest BCUT2D eigenvalue weighted by molar-refractivity contribution is 8.13. The standard InChI is InChI=1S/C8H15N3S2/c1-7(8(9)12-2)11-3-5-13(10)6-4-11/h9-10H,1,3-6H2,2H3. The fraction of sp³-hybridized carbons (Fsp3) is 0.625. The molecule has 1 aliphatic rings. The van der Waals surface area contributed by atoms with Gasteiger partial charge in [-0.15, -0.1) is 22.5 Å². The van der Waals surface area contributed by atoms with E-state index < -0.39 is 0 Å². The molecule has 3 nitrogen and oxygen atoms in total. The molecule has 13 heavy (non-hydrogen) atoms. The predicted octanol–water partition coefficient (Wildman–Crippen LogP) is 1.54. The zero-order valence-electron chi connectivity index (χ0n) is 7.80. The molecule has 1 rings (SSSR count). The molecule has 2 N–H and O–H groups in total. The van der Waals surface area contributed by atoms with Crippen molar-refractivity contribution in [3.63, 3.8) is 0 Å². The number of hydrogen-bond donors (Lipinski definition) is 2. The van der Waals surface area contributed by atoms with Crippen molar-refractivity contribution in [2.45, 2.75) is 0 Å². The van der Waals surface area contributed by atoms with Gasteiger partial charge in [0.2, 0.25) is 0 Å². The van der Waals surface area contributed by atoms with Gasteiger partial charge < -0.3 is 4.90 Å². The number of thioether (sulfide) groups is 1. The van der Waals surface area contributed by atoms with Gasteiger partial charge >= 0.3 is 0 Å². The van der Waals surface area contributed by atoms with Gasteiger partial charge in [0.15, 0.2) is 0 Å². The molecule has 5 heteroatoms. The second-order valence-electron chi connectivity index (χ2n) is 2.87. The number of nitrogens with one attached hydrogen (secondary N) is 2. The first-order valence-corrected chi connectivity index (χ1v) is 6.89. The van der Waals surface area contributed by atoms with Gasteiger partial charge in [0, 0.05) is 24.6 Å². The molecule has 0 saturated carbocycles. The third-order valence-electron chi connectivity index (χ3n) is 2.06. The lowest BCUT2D eigenvalue weighted by Gasteiger charge is -2.30. The number of nitrogens with zero attached hydrogens (tertiary/aromatic N) is 1. The zero-order chi connectivity index (χ0) is 9.84. The van der Waals surface area contributed by atoms with Gasteiger partial charge in [0.05, 0.1) is 5.70 Å². The minimum absolute atomic E-state index is 0.153. The van der Waals surface area contributed by atoms with E-state index in [0.717, 1.165) is 30.3 Å². The first-order valence-electron chi connectivity index (χ1n) is 4.10. The van der Waals surface area contributed by atoms with Crippen molar-refractivity contribution in [2.24, 2.45) is 0 Å². The highest BCUT2D eigenvalue weighted by atomic mass is 32.2. The Labute approximate surface area is 86.0 Å². The van der Waals surface area contributed by atoms with Crippen molar-refractivity contribution in [1.82, 2.24) is 4.90 Å². The summed E-state index contributed by atoms with van der Waals surface area (Å²) < 4.78 is 7.57. The van der Waals surface area contributed by atoms with Crippen LogP contribution in [0.5, 0.6) is 0 Å². The summed E-state index contributed by atoms with van der Waals surface area (Å²) in [6.07, 6.45) is 1.90. The first kappa shape index (κ1) is 10.8. The predicted molar refractivity (Wildman–Crippen MR) is 61.8 cm³/mol. The van der Waals surface area contributed by atoms with Crippen molar-refractivity contribution >= 4 is 27.5 Å². The van der Waals surface area contributed by atoms with Gasteiger partial charge in [0.1, 0.15) is 5.04 Å². The Bertz CT molecular complexity index is 240. The highest BCUT2D eigenvalue weighted by Crippen LogP contribution is 2.13. The van der Waals surface area contributed by atoms with Crippen molar-refractivity contribution in [2.75, 3.05) is 30.9 Å². The van der Waals surface area contributed by atoms with E-state index in [0.29, 0.717) is 5.04 Å². The van der Waals surface area contributed by atoms with E-state index in [-0.39, 0.29) is 10.7 Å². The Kier molecular flexibility index (Phi) is 3.99. The van der Waals surface area contributed by atoms with E-state index in [1.54, 1.807) is 0 Å². The lowest BCUT2D eigenvalue weighted by molar-refractivity contribution is 0.400. The van der Waals surface area contributed by atoms with E-state index >= 15 is 0 Å². The van der Waals surface area contributed by atoms with Crippen LogP contribution >= 0.6 is 11.8 Å². The molecular weight excluding hydrogens is 202 g/mol. The monoisotopic (exact) mass is 217 g/mol. The molecule has 0 aromatic heterocycles. The largest absolute Gasteiger partial charge is 0.368 e. The average molecular weight is 217 g/mol. The number of hydrogen-bond acceptors (Lipinski definition) is 4. The topological polar surface area (TPSA) is 50.9 Å². The molecule has 1 saturated heterocycles. The van der Waals surface area contributed by atoms with Crippen LogP contribution in [-0.4, -0.2) is 40.8 Å². The average Bonchev–Trinajstić information content (AvgIpc) is 2.17. The summed E-state index contributed by atoms with van der Waals surface area (Å²) in [6.45, 7) is 5.69. The van der Waals surface area contributed by atoms with Crippen molar-refractivity contribution in [3.8, 4) is 0 Å². The molecule has 0 amide bonds. The molecule has 0 atom stereocenters. The van der Waals surface area contributed by atoms with Crippen LogP contribution in [-0.2, 0) is 10.7 Å². The summed E-state index contributed by atoms with van der Waals surface area (Å²) in [4.78, 5) is 2.12. The fourth-order valence-electron chi connectivity index (χ4n) is 1.19. The molecule has 1 heterocycles. The molecule has 0 spiro atoms. The molecular formula is C8H15N3S2. The Morgan fingerprint density at radius 1 is 1.46 bits per heavy atom.